The van der Waals surface area contributed by atoms with E-state index in [1.807, 2.05) is 0 Å². The van der Waals surface area contributed by atoms with Crippen molar-refractivity contribution in [1.29, 1.82) is 0 Å². The normalized spacial score (nSPS) is 12.3. The predicted molar refractivity (Wildman–Crippen MR) is 79.7 cm³/mol. The van der Waals surface area contributed by atoms with Gasteiger partial charge in [0.15, 0.2) is 0 Å². The molecule has 2 rings (SSSR count). The molecule has 4 heteroatoms. The Labute approximate surface area is 124 Å². The maximum Gasteiger partial charge on any atom is 0.217 e. The smallest absolute Gasteiger partial charge is 0.217 e. The summed E-state index contributed by atoms with van der Waals surface area (Å²) in [5.74, 6) is -0.690. The lowest BCUT2D eigenvalue weighted by Crippen LogP contribution is -2.21. The molecule has 0 saturated heterocycles. The second-order valence-electron chi connectivity index (χ2n) is 5.08. The van der Waals surface area contributed by atoms with Gasteiger partial charge in [0, 0.05) is 24.3 Å². The van der Waals surface area contributed by atoms with E-state index in [2.05, 4.69) is 17.2 Å². The summed E-state index contributed by atoms with van der Waals surface area (Å²) in [4.78, 5) is 3.65. The van der Waals surface area contributed by atoms with Crippen molar-refractivity contribution >= 4 is 0 Å². The number of unbranched alkanes of at least 4 members (excludes halogenated alkanes) is 1. The van der Waals surface area contributed by atoms with Crippen LogP contribution in [0.1, 0.15) is 43.4 Å². The predicted octanol–water partition coefficient (Wildman–Crippen LogP) is 4.38. The van der Waals surface area contributed by atoms with E-state index in [1.54, 1.807) is 24.3 Å². The lowest BCUT2D eigenvalue weighted by molar-refractivity contribution is 0.467. The van der Waals surface area contributed by atoms with Crippen molar-refractivity contribution in [2.75, 3.05) is 0 Å². The first kappa shape index (κ1) is 15.6. The highest BCUT2D eigenvalue weighted by atomic mass is 19.1. The largest absolute Gasteiger partial charge is 0.306 e. The highest BCUT2D eigenvalue weighted by molar-refractivity contribution is 5.20. The molecule has 0 spiro atoms. The molecule has 0 aliphatic carbocycles. The van der Waals surface area contributed by atoms with Crippen LogP contribution < -0.4 is 5.32 Å². The molecule has 0 amide bonds. The average Bonchev–Trinajstić information content (AvgIpc) is 2.50. The third kappa shape index (κ3) is 4.60. The lowest BCUT2D eigenvalue weighted by Gasteiger charge is -2.19. The maximum absolute atomic E-state index is 13.5. The first-order chi connectivity index (χ1) is 10.2. The van der Waals surface area contributed by atoms with Crippen LogP contribution in [0.4, 0.5) is 8.78 Å². The first-order valence-electron chi connectivity index (χ1n) is 7.29. The van der Waals surface area contributed by atoms with Crippen molar-refractivity contribution in [3.8, 4) is 0 Å². The van der Waals surface area contributed by atoms with Crippen molar-refractivity contribution in [3.05, 3.63) is 65.5 Å². The van der Waals surface area contributed by atoms with Gasteiger partial charge >= 0.3 is 0 Å². The van der Waals surface area contributed by atoms with E-state index in [0.717, 1.165) is 24.8 Å². The van der Waals surface area contributed by atoms with Crippen molar-refractivity contribution in [3.63, 3.8) is 0 Å². The van der Waals surface area contributed by atoms with Crippen LogP contribution in [-0.2, 0) is 6.54 Å². The van der Waals surface area contributed by atoms with Gasteiger partial charge in [0.25, 0.3) is 0 Å². The Morgan fingerprint density at radius 3 is 2.57 bits per heavy atom. The Morgan fingerprint density at radius 1 is 1.14 bits per heavy atom. The van der Waals surface area contributed by atoms with E-state index >= 15 is 0 Å². The van der Waals surface area contributed by atoms with E-state index in [4.69, 9.17) is 0 Å². The second-order valence-corrected chi connectivity index (χ2v) is 5.08. The summed E-state index contributed by atoms with van der Waals surface area (Å²) in [7, 11) is 0. The van der Waals surface area contributed by atoms with E-state index in [9.17, 15) is 8.78 Å². The van der Waals surface area contributed by atoms with Gasteiger partial charge in [-0.3, -0.25) is 0 Å². The molecule has 2 aromatic rings. The molecule has 2 nitrogen and oxygen atoms in total. The Kier molecular flexibility index (Phi) is 5.81. The zero-order valence-electron chi connectivity index (χ0n) is 12.2. The van der Waals surface area contributed by atoms with Gasteiger partial charge in [0.2, 0.25) is 5.95 Å². The van der Waals surface area contributed by atoms with Crippen LogP contribution in [0.3, 0.4) is 0 Å². The number of aromatic nitrogens is 1. The van der Waals surface area contributed by atoms with E-state index < -0.39 is 5.95 Å². The van der Waals surface area contributed by atoms with Crippen molar-refractivity contribution < 1.29 is 8.78 Å². The minimum absolute atomic E-state index is 0.0881. The van der Waals surface area contributed by atoms with Crippen LogP contribution in [0.25, 0.3) is 0 Å². The van der Waals surface area contributed by atoms with Gasteiger partial charge in [-0.15, -0.1) is 0 Å². The van der Waals surface area contributed by atoms with Crippen LogP contribution in [-0.4, -0.2) is 4.98 Å². The number of nitrogens with zero attached hydrogens (tertiary/aromatic N) is 1. The molecule has 0 bridgehead atoms. The number of hydrogen-bond acceptors (Lipinski definition) is 2. The summed E-state index contributed by atoms with van der Waals surface area (Å²) in [6.07, 6.45) is 4.52. The first-order valence-corrected chi connectivity index (χ1v) is 7.29. The highest BCUT2D eigenvalue weighted by Crippen LogP contribution is 2.20. The van der Waals surface area contributed by atoms with Gasteiger partial charge in [0.05, 0.1) is 0 Å². The number of nitrogens with one attached hydrogen (secondary N) is 1. The quantitative estimate of drug-likeness (QED) is 0.765. The summed E-state index contributed by atoms with van der Waals surface area (Å²) in [6.45, 7) is 2.54. The molecule has 0 aliphatic rings. The number of benzene rings is 1. The van der Waals surface area contributed by atoms with Crippen LogP contribution in [0.15, 0.2) is 42.6 Å². The van der Waals surface area contributed by atoms with E-state index in [0.29, 0.717) is 12.1 Å². The van der Waals surface area contributed by atoms with E-state index in [-0.39, 0.29) is 11.9 Å². The molecule has 0 fully saturated rings. The lowest BCUT2D eigenvalue weighted by atomic mass is 10.0. The Balaban J connectivity index is 2.06. The van der Waals surface area contributed by atoms with E-state index in [1.165, 1.54) is 18.3 Å². The van der Waals surface area contributed by atoms with Crippen LogP contribution in [0, 0.1) is 11.8 Å². The molecule has 1 N–H and O–H groups in total. The number of rotatable bonds is 7. The molecule has 21 heavy (non-hydrogen) atoms. The van der Waals surface area contributed by atoms with Crippen LogP contribution in [0.2, 0.25) is 0 Å². The summed E-state index contributed by atoms with van der Waals surface area (Å²) >= 11 is 0. The number of hydrogen-bond donors (Lipinski definition) is 1. The fourth-order valence-electron chi connectivity index (χ4n) is 2.27. The Hall–Kier alpha value is -1.81. The van der Waals surface area contributed by atoms with Crippen LogP contribution in [0.5, 0.6) is 0 Å². The molecule has 0 radical (unpaired) electrons. The minimum Gasteiger partial charge on any atom is -0.306 e. The van der Waals surface area contributed by atoms with Crippen molar-refractivity contribution in [1.82, 2.24) is 10.3 Å². The molecule has 0 aliphatic heterocycles. The molecule has 1 aromatic heterocycles. The summed E-state index contributed by atoms with van der Waals surface area (Å²) < 4.78 is 26.6. The van der Waals surface area contributed by atoms with Crippen molar-refractivity contribution in [2.24, 2.45) is 0 Å². The standard InChI is InChI=1S/C17H20F2N2/c1-2-3-6-16(13-7-9-15(18)10-8-13)21-12-14-5-4-11-20-17(14)19/h4-5,7-11,16,21H,2-3,6,12H2,1H3. The van der Waals surface area contributed by atoms with Gasteiger partial charge in [0.1, 0.15) is 5.82 Å². The Bertz CT molecular complexity index is 555. The molecule has 1 heterocycles. The fraction of sp³-hybridized carbons (Fsp3) is 0.353. The maximum atomic E-state index is 13.5. The summed E-state index contributed by atoms with van der Waals surface area (Å²) in [5.41, 5.74) is 1.57. The van der Waals surface area contributed by atoms with Crippen LogP contribution >= 0.6 is 0 Å². The van der Waals surface area contributed by atoms with Crippen molar-refractivity contribution in [2.45, 2.75) is 38.8 Å². The summed E-state index contributed by atoms with van der Waals surface area (Å²) in [5, 5.41) is 3.34. The molecular weight excluding hydrogens is 270 g/mol. The molecular formula is C17H20F2N2. The van der Waals surface area contributed by atoms with Gasteiger partial charge in [-0.05, 0) is 30.2 Å². The fourth-order valence-corrected chi connectivity index (χ4v) is 2.27. The average molecular weight is 290 g/mol. The molecule has 112 valence electrons. The third-order valence-electron chi connectivity index (χ3n) is 3.49. The number of halogens is 2. The molecule has 1 unspecified atom stereocenters. The SMILES string of the molecule is CCCCC(NCc1cccnc1F)c1ccc(F)cc1. The Morgan fingerprint density at radius 2 is 1.90 bits per heavy atom. The topological polar surface area (TPSA) is 24.9 Å². The zero-order chi connectivity index (χ0) is 15.1. The molecule has 1 atom stereocenters. The third-order valence-corrected chi connectivity index (χ3v) is 3.49. The second kappa shape index (κ2) is 7.84. The van der Waals surface area contributed by atoms with Gasteiger partial charge in [-0.1, -0.05) is 38.0 Å². The highest BCUT2D eigenvalue weighted by Gasteiger charge is 2.12. The molecule has 1 aromatic carbocycles. The van der Waals surface area contributed by atoms with Gasteiger partial charge < -0.3 is 5.32 Å². The molecule has 0 saturated carbocycles. The number of pyridine rings is 1. The summed E-state index contributed by atoms with van der Waals surface area (Å²) in [6, 6.07) is 10.0. The monoisotopic (exact) mass is 290 g/mol. The van der Waals surface area contributed by atoms with Gasteiger partial charge in [-0.25, -0.2) is 9.37 Å². The minimum atomic E-state index is -0.446. The van der Waals surface area contributed by atoms with Gasteiger partial charge in [-0.2, -0.15) is 4.39 Å². The zero-order valence-corrected chi connectivity index (χ0v) is 12.2.